The van der Waals surface area contributed by atoms with Crippen LogP contribution in [0.25, 0.3) is 11.1 Å². The molecule has 1 saturated carbocycles. The second-order valence-electron chi connectivity index (χ2n) is 8.69. The molecule has 1 aliphatic heterocycles. The molecule has 0 saturated heterocycles. The van der Waals surface area contributed by atoms with Gasteiger partial charge in [-0.15, -0.1) is 0 Å². The van der Waals surface area contributed by atoms with Crippen LogP contribution in [0, 0.1) is 5.92 Å². The minimum Gasteiger partial charge on any atom is -0.475 e. The second kappa shape index (κ2) is 9.46. The minimum absolute atomic E-state index is 0.0326. The number of aliphatic carboxylic acids is 1. The van der Waals surface area contributed by atoms with Gasteiger partial charge < -0.3 is 15.9 Å². The van der Waals surface area contributed by atoms with Gasteiger partial charge in [-0.2, -0.15) is 13.2 Å². The maximum absolute atomic E-state index is 12.2. The number of halogens is 3. The van der Waals surface area contributed by atoms with E-state index in [2.05, 4.69) is 35.3 Å². The van der Waals surface area contributed by atoms with Crippen LogP contribution in [0.15, 0.2) is 53.5 Å². The molecule has 4 N–H and O–H groups in total. The Morgan fingerprint density at radius 2 is 1.79 bits per heavy atom. The number of hydrogen-bond donors (Lipinski definition) is 3. The number of carboxylic acids is 1. The average Bonchev–Trinajstić information content (AvgIpc) is 3.59. The van der Waals surface area contributed by atoms with E-state index in [1.54, 1.807) is 7.05 Å². The van der Waals surface area contributed by atoms with E-state index in [-0.39, 0.29) is 12.5 Å². The first kappa shape index (κ1) is 25.2. The molecule has 3 atom stereocenters. The van der Waals surface area contributed by atoms with Gasteiger partial charge in [-0.3, -0.25) is 9.69 Å². The normalized spacial score (nSPS) is 24.1. The number of guanidine groups is 1. The standard InChI is InChI=1S/C22H25N3O2.C2HF3O2/c1-22(12-20(27)25(2)21(23)24-22)19-11-18(19)17-8-4-7-16(10-17)15-6-3-5-14(9-15)13-26;3-2(4,5)1(6)7/h3-10,18-19,26H,11-13H2,1-2H3,(H2,23,24);(H,6,7)/t18-,19+,22-;/m0./s1. The molecule has 0 bridgehead atoms. The molecule has 0 spiro atoms. The van der Waals surface area contributed by atoms with Gasteiger partial charge in [0, 0.05) is 7.05 Å². The first-order valence-corrected chi connectivity index (χ1v) is 10.6. The summed E-state index contributed by atoms with van der Waals surface area (Å²) in [6.07, 6.45) is -3.66. The van der Waals surface area contributed by atoms with E-state index < -0.39 is 17.7 Å². The number of carbonyl (C=O) groups is 2. The van der Waals surface area contributed by atoms with Crippen molar-refractivity contribution < 1.29 is 33.0 Å². The SMILES string of the molecule is CN1C(=O)C[C@@](C)([C@@H]2C[C@H]2c2cccc(-c3cccc(CO)c3)c2)N=C1N.O=C(O)C(F)(F)F. The maximum Gasteiger partial charge on any atom is 0.490 e. The number of alkyl halides is 3. The third kappa shape index (κ3) is 5.56. The number of amides is 1. The van der Waals surface area contributed by atoms with Gasteiger partial charge >= 0.3 is 12.1 Å². The fourth-order valence-corrected chi connectivity index (χ4v) is 4.19. The highest BCUT2D eigenvalue weighted by Crippen LogP contribution is 2.56. The summed E-state index contributed by atoms with van der Waals surface area (Å²) < 4.78 is 31.7. The Bertz CT molecular complexity index is 1120. The van der Waals surface area contributed by atoms with Gasteiger partial charge in [-0.25, -0.2) is 9.79 Å². The van der Waals surface area contributed by atoms with Crippen molar-refractivity contribution in [2.75, 3.05) is 7.05 Å². The van der Waals surface area contributed by atoms with Crippen molar-refractivity contribution in [2.24, 2.45) is 16.6 Å². The Hall–Kier alpha value is -3.40. The molecular formula is C24H26F3N3O4. The van der Waals surface area contributed by atoms with Gasteiger partial charge in [-0.05, 0) is 53.5 Å². The van der Waals surface area contributed by atoms with Gasteiger partial charge in [-0.1, -0.05) is 42.5 Å². The summed E-state index contributed by atoms with van der Waals surface area (Å²) in [4.78, 5) is 27.2. The summed E-state index contributed by atoms with van der Waals surface area (Å²) in [6.45, 7) is 2.09. The Balaban J connectivity index is 0.000000406. The smallest absolute Gasteiger partial charge is 0.475 e. The fourth-order valence-electron chi connectivity index (χ4n) is 4.19. The molecule has 1 fully saturated rings. The van der Waals surface area contributed by atoms with Crippen molar-refractivity contribution >= 4 is 17.8 Å². The van der Waals surface area contributed by atoms with Crippen LogP contribution >= 0.6 is 0 Å². The minimum atomic E-state index is -5.08. The summed E-state index contributed by atoms with van der Waals surface area (Å²) in [7, 11) is 1.68. The van der Waals surface area contributed by atoms with Crippen LogP contribution in [0.4, 0.5) is 13.2 Å². The highest BCUT2D eigenvalue weighted by molar-refractivity contribution is 5.98. The van der Waals surface area contributed by atoms with Crippen molar-refractivity contribution in [3.63, 3.8) is 0 Å². The number of nitrogens with zero attached hydrogens (tertiary/aromatic N) is 2. The van der Waals surface area contributed by atoms with Crippen molar-refractivity contribution in [1.82, 2.24) is 4.90 Å². The van der Waals surface area contributed by atoms with Crippen LogP contribution < -0.4 is 5.73 Å². The topological polar surface area (TPSA) is 116 Å². The van der Waals surface area contributed by atoms with E-state index in [1.165, 1.54) is 10.5 Å². The Morgan fingerprint density at radius 3 is 2.35 bits per heavy atom. The van der Waals surface area contributed by atoms with Crippen molar-refractivity contribution in [3.05, 3.63) is 59.7 Å². The molecule has 2 aliphatic rings. The summed E-state index contributed by atoms with van der Waals surface area (Å²) in [6, 6.07) is 16.5. The summed E-state index contributed by atoms with van der Waals surface area (Å²) in [5, 5.41) is 16.5. The highest BCUT2D eigenvalue weighted by atomic mass is 19.4. The van der Waals surface area contributed by atoms with E-state index in [1.807, 2.05) is 25.1 Å². The molecular weight excluding hydrogens is 451 g/mol. The van der Waals surface area contributed by atoms with Gasteiger partial charge in [0.05, 0.1) is 18.6 Å². The van der Waals surface area contributed by atoms with Gasteiger partial charge in [0.1, 0.15) is 0 Å². The molecule has 34 heavy (non-hydrogen) atoms. The summed E-state index contributed by atoms with van der Waals surface area (Å²) in [5.41, 5.74) is 9.95. The Morgan fingerprint density at radius 1 is 1.21 bits per heavy atom. The van der Waals surface area contributed by atoms with Crippen LogP contribution in [0.2, 0.25) is 0 Å². The number of aliphatic hydroxyl groups excluding tert-OH is 1. The maximum atomic E-state index is 12.2. The molecule has 1 aliphatic carbocycles. The molecule has 0 unspecified atom stereocenters. The molecule has 0 radical (unpaired) electrons. The zero-order valence-electron chi connectivity index (χ0n) is 18.7. The zero-order valence-corrected chi connectivity index (χ0v) is 18.7. The monoisotopic (exact) mass is 477 g/mol. The lowest BCUT2D eigenvalue weighted by atomic mass is 9.87. The van der Waals surface area contributed by atoms with Gasteiger partial charge in [0.15, 0.2) is 5.96 Å². The first-order chi connectivity index (χ1) is 15.9. The number of carboxylic acid groups (broad SMARTS) is 1. The number of hydrogen-bond acceptors (Lipinski definition) is 5. The molecule has 1 heterocycles. The van der Waals surface area contributed by atoms with Crippen molar-refractivity contribution in [3.8, 4) is 11.1 Å². The van der Waals surface area contributed by atoms with Gasteiger partial charge in [0.25, 0.3) is 0 Å². The average molecular weight is 477 g/mol. The number of rotatable bonds is 4. The summed E-state index contributed by atoms with van der Waals surface area (Å²) in [5.74, 6) is -1.69. The third-order valence-corrected chi connectivity index (χ3v) is 6.19. The molecule has 2 aromatic carbocycles. The zero-order chi connectivity index (χ0) is 25.3. The van der Waals surface area contributed by atoms with Crippen molar-refractivity contribution in [2.45, 2.75) is 44.0 Å². The summed E-state index contributed by atoms with van der Waals surface area (Å²) >= 11 is 0. The third-order valence-electron chi connectivity index (χ3n) is 6.19. The molecule has 10 heteroatoms. The Kier molecular flexibility index (Phi) is 7.02. The number of nitrogens with two attached hydrogens (primary N) is 1. The van der Waals surface area contributed by atoms with E-state index >= 15 is 0 Å². The lowest BCUT2D eigenvalue weighted by Crippen LogP contribution is -2.49. The predicted octanol–water partition coefficient (Wildman–Crippen LogP) is 3.52. The lowest BCUT2D eigenvalue weighted by Gasteiger charge is -2.33. The van der Waals surface area contributed by atoms with Crippen LogP contribution in [0.1, 0.15) is 36.8 Å². The largest absolute Gasteiger partial charge is 0.490 e. The molecule has 1 amide bonds. The predicted molar refractivity (Wildman–Crippen MR) is 120 cm³/mol. The van der Waals surface area contributed by atoms with E-state index in [0.29, 0.717) is 24.2 Å². The van der Waals surface area contributed by atoms with Crippen LogP contribution in [0.5, 0.6) is 0 Å². The number of aliphatic imine (C=N–C) groups is 1. The second-order valence-corrected chi connectivity index (χ2v) is 8.69. The fraction of sp³-hybridized carbons (Fsp3) is 0.375. The number of carbonyl (C=O) groups excluding carboxylic acids is 1. The number of aliphatic hydroxyl groups is 1. The van der Waals surface area contributed by atoms with Crippen LogP contribution in [0.3, 0.4) is 0 Å². The van der Waals surface area contributed by atoms with E-state index in [4.69, 9.17) is 15.6 Å². The molecule has 2 aromatic rings. The first-order valence-electron chi connectivity index (χ1n) is 10.6. The van der Waals surface area contributed by atoms with Crippen LogP contribution in [-0.4, -0.2) is 51.7 Å². The molecule has 4 rings (SSSR count). The van der Waals surface area contributed by atoms with Gasteiger partial charge in [0.2, 0.25) is 5.91 Å². The quantitative estimate of drug-likeness (QED) is 0.623. The highest BCUT2D eigenvalue weighted by Gasteiger charge is 2.53. The lowest BCUT2D eigenvalue weighted by molar-refractivity contribution is -0.192. The van der Waals surface area contributed by atoms with E-state index in [9.17, 15) is 23.1 Å². The number of benzene rings is 2. The van der Waals surface area contributed by atoms with Crippen LogP contribution in [-0.2, 0) is 16.2 Å². The Labute approximate surface area is 194 Å². The molecule has 7 nitrogen and oxygen atoms in total. The van der Waals surface area contributed by atoms with Crippen molar-refractivity contribution in [1.29, 1.82) is 0 Å². The molecule has 0 aromatic heterocycles. The van der Waals surface area contributed by atoms with E-state index in [0.717, 1.165) is 23.1 Å². The molecule has 182 valence electrons.